The number of anilines is 3. The lowest BCUT2D eigenvalue weighted by molar-refractivity contribution is 0.881. The number of aromatic nitrogens is 2. The molecule has 1 aromatic carbocycles. The van der Waals surface area contributed by atoms with Crippen molar-refractivity contribution in [2.75, 3.05) is 10.6 Å². The first-order valence-electron chi connectivity index (χ1n) is 6.18. The van der Waals surface area contributed by atoms with Gasteiger partial charge in [-0.05, 0) is 48.8 Å². The summed E-state index contributed by atoms with van der Waals surface area (Å²) < 4.78 is 1.00. The molecule has 0 aliphatic heterocycles. The molecule has 2 N–H and O–H groups in total. The van der Waals surface area contributed by atoms with Crippen LogP contribution in [0.25, 0.3) is 0 Å². The zero-order valence-corrected chi connectivity index (χ0v) is 12.8. The Bertz CT molecular complexity index is 569. The van der Waals surface area contributed by atoms with E-state index in [9.17, 15) is 0 Å². The Morgan fingerprint density at radius 1 is 1.11 bits per heavy atom. The summed E-state index contributed by atoms with van der Waals surface area (Å²) in [6.07, 6.45) is 0. The molecule has 2 rings (SSSR count). The fraction of sp³-hybridized carbons (Fsp3) is 0.286. The van der Waals surface area contributed by atoms with Gasteiger partial charge in [-0.2, -0.15) is 0 Å². The van der Waals surface area contributed by atoms with Gasteiger partial charge in [-0.15, -0.1) is 0 Å². The highest BCUT2D eigenvalue weighted by molar-refractivity contribution is 9.10. The number of para-hydroxylation sites is 1. The molecule has 0 fully saturated rings. The van der Waals surface area contributed by atoms with Crippen molar-refractivity contribution in [3.63, 3.8) is 0 Å². The Morgan fingerprint density at radius 3 is 2.47 bits per heavy atom. The van der Waals surface area contributed by atoms with Gasteiger partial charge in [0.25, 0.3) is 0 Å². The van der Waals surface area contributed by atoms with E-state index >= 15 is 0 Å². The molecule has 2 aromatic rings. The Labute approximate surface area is 121 Å². The maximum Gasteiger partial charge on any atom is 0.136 e. The number of hydrogen-bond donors (Lipinski definition) is 2. The highest BCUT2D eigenvalue weighted by Gasteiger charge is 2.05. The van der Waals surface area contributed by atoms with Gasteiger partial charge in [-0.25, -0.2) is 9.97 Å². The van der Waals surface area contributed by atoms with E-state index in [2.05, 4.69) is 50.4 Å². The predicted octanol–water partition coefficient (Wildman–Crippen LogP) is 4.11. The average molecular weight is 321 g/mol. The second-order valence-electron chi connectivity index (χ2n) is 4.59. The summed E-state index contributed by atoms with van der Waals surface area (Å²) in [4.78, 5) is 8.76. The second-order valence-corrected chi connectivity index (χ2v) is 5.44. The van der Waals surface area contributed by atoms with Gasteiger partial charge in [0.15, 0.2) is 0 Å². The van der Waals surface area contributed by atoms with Gasteiger partial charge in [-0.1, -0.05) is 12.1 Å². The van der Waals surface area contributed by atoms with Crippen LogP contribution in [-0.4, -0.2) is 16.0 Å². The monoisotopic (exact) mass is 320 g/mol. The predicted molar refractivity (Wildman–Crippen MR) is 83.0 cm³/mol. The highest BCUT2D eigenvalue weighted by atomic mass is 79.9. The number of nitrogens with one attached hydrogen (secondary N) is 2. The maximum absolute atomic E-state index is 4.39. The molecule has 100 valence electrons. The van der Waals surface area contributed by atoms with Crippen molar-refractivity contribution in [2.24, 2.45) is 0 Å². The molecule has 0 saturated heterocycles. The summed E-state index contributed by atoms with van der Waals surface area (Å²) in [5.41, 5.74) is 0.982. The van der Waals surface area contributed by atoms with E-state index < -0.39 is 0 Å². The van der Waals surface area contributed by atoms with Crippen LogP contribution in [-0.2, 0) is 0 Å². The van der Waals surface area contributed by atoms with Crippen molar-refractivity contribution < 1.29 is 0 Å². The molecule has 0 spiro atoms. The zero-order chi connectivity index (χ0) is 13.8. The van der Waals surface area contributed by atoms with E-state index in [4.69, 9.17) is 0 Å². The van der Waals surface area contributed by atoms with E-state index in [1.807, 2.05) is 37.3 Å². The number of nitrogens with zero attached hydrogens (tertiary/aromatic N) is 2. The third-order valence-electron chi connectivity index (χ3n) is 2.41. The fourth-order valence-electron chi connectivity index (χ4n) is 1.70. The molecule has 1 aromatic heterocycles. The van der Waals surface area contributed by atoms with Crippen LogP contribution in [0, 0.1) is 6.92 Å². The summed E-state index contributed by atoms with van der Waals surface area (Å²) in [6, 6.07) is 10.2. The van der Waals surface area contributed by atoms with E-state index in [0.717, 1.165) is 27.6 Å². The standard InChI is InChI=1S/C14H17BrN4/c1-9(2)16-13-8-14(18-10(3)17-13)19-12-7-5-4-6-11(12)15/h4-9H,1-3H3,(H2,16,17,18,19). The normalized spacial score (nSPS) is 10.6. The first kappa shape index (κ1) is 13.8. The Morgan fingerprint density at radius 2 is 1.79 bits per heavy atom. The third-order valence-corrected chi connectivity index (χ3v) is 3.10. The number of rotatable bonds is 4. The van der Waals surface area contributed by atoms with Gasteiger partial charge >= 0.3 is 0 Å². The average Bonchev–Trinajstić information content (AvgIpc) is 2.30. The summed E-state index contributed by atoms with van der Waals surface area (Å²) in [6.45, 7) is 6.05. The topological polar surface area (TPSA) is 49.8 Å². The lowest BCUT2D eigenvalue weighted by Crippen LogP contribution is -2.12. The molecular formula is C14H17BrN4. The summed E-state index contributed by atoms with van der Waals surface area (Å²) in [5.74, 6) is 2.35. The molecule has 0 bridgehead atoms. The first-order chi connectivity index (χ1) is 9.04. The molecule has 19 heavy (non-hydrogen) atoms. The molecule has 0 radical (unpaired) electrons. The van der Waals surface area contributed by atoms with E-state index in [-0.39, 0.29) is 0 Å². The van der Waals surface area contributed by atoms with Gasteiger partial charge in [0, 0.05) is 16.6 Å². The summed E-state index contributed by atoms with van der Waals surface area (Å²) >= 11 is 3.51. The van der Waals surface area contributed by atoms with E-state index in [1.165, 1.54) is 0 Å². The van der Waals surface area contributed by atoms with Crippen LogP contribution in [0.1, 0.15) is 19.7 Å². The molecule has 0 aliphatic rings. The van der Waals surface area contributed by atoms with E-state index in [1.54, 1.807) is 0 Å². The van der Waals surface area contributed by atoms with Crippen LogP contribution in [0.5, 0.6) is 0 Å². The van der Waals surface area contributed by atoms with Gasteiger partial charge < -0.3 is 10.6 Å². The van der Waals surface area contributed by atoms with Crippen molar-refractivity contribution in [3.8, 4) is 0 Å². The minimum Gasteiger partial charge on any atom is -0.368 e. The lowest BCUT2D eigenvalue weighted by Gasteiger charge is -2.12. The minimum atomic E-state index is 0.339. The van der Waals surface area contributed by atoms with Gasteiger partial charge in [0.05, 0.1) is 5.69 Å². The molecule has 0 amide bonds. The molecule has 0 unspecified atom stereocenters. The smallest absolute Gasteiger partial charge is 0.136 e. The Hall–Kier alpha value is -1.62. The van der Waals surface area contributed by atoms with Crippen molar-refractivity contribution in [1.29, 1.82) is 0 Å². The number of benzene rings is 1. The molecule has 4 nitrogen and oxygen atoms in total. The quantitative estimate of drug-likeness (QED) is 0.890. The Balaban J connectivity index is 2.25. The fourth-order valence-corrected chi connectivity index (χ4v) is 2.09. The van der Waals surface area contributed by atoms with Crippen LogP contribution in [0.15, 0.2) is 34.8 Å². The van der Waals surface area contributed by atoms with Crippen LogP contribution >= 0.6 is 15.9 Å². The molecule has 5 heteroatoms. The molecule has 0 saturated carbocycles. The van der Waals surface area contributed by atoms with Crippen molar-refractivity contribution in [3.05, 3.63) is 40.6 Å². The van der Waals surface area contributed by atoms with Gasteiger partial charge in [0.2, 0.25) is 0 Å². The SMILES string of the molecule is Cc1nc(Nc2ccccc2Br)cc(NC(C)C)n1. The summed E-state index contributed by atoms with van der Waals surface area (Å²) in [5, 5.41) is 6.57. The van der Waals surface area contributed by atoms with Gasteiger partial charge in [0.1, 0.15) is 17.5 Å². The van der Waals surface area contributed by atoms with Crippen LogP contribution < -0.4 is 10.6 Å². The summed E-state index contributed by atoms with van der Waals surface area (Å²) in [7, 11) is 0. The zero-order valence-electron chi connectivity index (χ0n) is 11.2. The molecule has 1 heterocycles. The second kappa shape index (κ2) is 6.02. The molecule has 0 aliphatic carbocycles. The third kappa shape index (κ3) is 3.92. The van der Waals surface area contributed by atoms with Crippen LogP contribution in [0.4, 0.5) is 17.3 Å². The largest absolute Gasteiger partial charge is 0.368 e. The lowest BCUT2D eigenvalue weighted by atomic mass is 10.3. The van der Waals surface area contributed by atoms with Crippen molar-refractivity contribution in [1.82, 2.24) is 9.97 Å². The van der Waals surface area contributed by atoms with Crippen molar-refractivity contribution in [2.45, 2.75) is 26.8 Å². The highest BCUT2D eigenvalue weighted by Crippen LogP contribution is 2.25. The Kier molecular flexibility index (Phi) is 4.37. The first-order valence-corrected chi connectivity index (χ1v) is 6.97. The molecule has 0 atom stereocenters. The number of aryl methyl sites for hydroxylation is 1. The maximum atomic E-state index is 4.39. The molecular weight excluding hydrogens is 304 g/mol. The van der Waals surface area contributed by atoms with E-state index in [0.29, 0.717) is 6.04 Å². The van der Waals surface area contributed by atoms with Gasteiger partial charge in [-0.3, -0.25) is 0 Å². The number of halogens is 1. The number of hydrogen-bond acceptors (Lipinski definition) is 4. The van der Waals surface area contributed by atoms with Crippen LogP contribution in [0.3, 0.4) is 0 Å². The van der Waals surface area contributed by atoms with Crippen molar-refractivity contribution >= 4 is 33.3 Å². The van der Waals surface area contributed by atoms with Crippen LogP contribution in [0.2, 0.25) is 0 Å². The minimum absolute atomic E-state index is 0.339.